The highest BCUT2D eigenvalue weighted by atomic mass is 32.2. The number of pyridine rings is 1. The highest BCUT2D eigenvalue weighted by molar-refractivity contribution is 7.92. The molecule has 124 valence electrons. The third-order valence-electron chi connectivity index (χ3n) is 2.87. The van der Waals surface area contributed by atoms with Crippen LogP contribution in [0.3, 0.4) is 0 Å². The van der Waals surface area contributed by atoms with Crippen molar-refractivity contribution in [3.63, 3.8) is 0 Å². The molecule has 0 aliphatic rings. The van der Waals surface area contributed by atoms with Gasteiger partial charge in [-0.1, -0.05) is 6.07 Å². The number of rotatable bonds is 5. The first-order valence-corrected chi connectivity index (χ1v) is 8.03. The fourth-order valence-electron chi connectivity index (χ4n) is 1.91. The molecule has 1 aromatic carbocycles. The van der Waals surface area contributed by atoms with Gasteiger partial charge in [-0.25, -0.2) is 8.42 Å². The minimum atomic E-state index is -4.86. The molecule has 5 nitrogen and oxygen atoms in total. The van der Waals surface area contributed by atoms with Crippen LogP contribution in [0, 0.1) is 0 Å². The smallest absolute Gasteiger partial charge is 0.404 e. The monoisotopic (exact) mass is 346 g/mol. The predicted molar refractivity (Wildman–Crippen MR) is 78.4 cm³/mol. The zero-order valence-electron chi connectivity index (χ0n) is 11.7. The number of aromatic nitrogens is 1. The molecular formula is C14H13F3N2O3S. The van der Waals surface area contributed by atoms with Crippen molar-refractivity contribution in [2.24, 2.45) is 0 Å². The number of halogens is 3. The molecule has 1 N–H and O–H groups in total. The van der Waals surface area contributed by atoms with Crippen LogP contribution >= 0.6 is 0 Å². The van der Waals surface area contributed by atoms with Crippen molar-refractivity contribution in [2.75, 3.05) is 10.1 Å². The number of benzene rings is 1. The van der Waals surface area contributed by atoms with Gasteiger partial charge in [0.1, 0.15) is 5.75 Å². The average Bonchev–Trinajstić information content (AvgIpc) is 2.44. The van der Waals surface area contributed by atoms with Gasteiger partial charge in [-0.05, 0) is 35.9 Å². The molecule has 23 heavy (non-hydrogen) atoms. The van der Waals surface area contributed by atoms with Crippen LogP contribution in [0.4, 0.5) is 18.9 Å². The summed E-state index contributed by atoms with van der Waals surface area (Å²) in [6.45, 7) is -0.295. The number of alkyl halides is 3. The third kappa shape index (κ3) is 4.85. The van der Waals surface area contributed by atoms with Crippen LogP contribution in [0.15, 0.2) is 48.8 Å². The summed E-state index contributed by atoms with van der Waals surface area (Å²) in [5.41, 5.74) is 0.460. The summed E-state index contributed by atoms with van der Waals surface area (Å²) in [4.78, 5) is 3.82. The van der Waals surface area contributed by atoms with E-state index in [2.05, 4.69) is 4.98 Å². The molecular weight excluding hydrogens is 333 g/mol. The van der Waals surface area contributed by atoms with Crippen LogP contribution < -0.4 is 4.31 Å². The molecule has 0 aliphatic heterocycles. The van der Waals surface area contributed by atoms with Gasteiger partial charge in [0, 0.05) is 12.4 Å². The standard InChI is InChI=1S/C14H13F3N2O3S/c15-14(16,17)10-23(21,22)19(9-11-2-1-7-18-8-11)12-3-5-13(20)6-4-12/h1-8,20H,9-10H2. The number of anilines is 1. The molecule has 0 bridgehead atoms. The van der Waals surface area contributed by atoms with E-state index < -0.39 is 22.0 Å². The van der Waals surface area contributed by atoms with Gasteiger partial charge in [0.05, 0.1) is 12.2 Å². The molecule has 0 amide bonds. The SMILES string of the molecule is O=S(=O)(CC(F)(F)F)N(Cc1cccnc1)c1ccc(O)cc1. The molecule has 0 radical (unpaired) electrons. The zero-order valence-corrected chi connectivity index (χ0v) is 12.5. The Morgan fingerprint density at radius 2 is 1.78 bits per heavy atom. The lowest BCUT2D eigenvalue weighted by molar-refractivity contribution is -0.106. The van der Waals surface area contributed by atoms with E-state index in [4.69, 9.17) is 0 Å². The number of hydrogen-bond acceptors (Lipinski definition) is 4. The Kier molecular flexibility index (Phi) is 4.79. The maximum absolute atomic E-state index is 12.6. The molecule has 0 saturated heterocycles. The van der Waals surface area contributed by atoms with Crippen molar-refractivity contribution in [1.82, 2.24) is 4.98 Å². The molecule has 0 saturated carbocycles. The minimum Gasteiger partial charge on any atom is -0.508 e. The first kappa shape index (κ1) is 17.1. The van der Waals surface area contributed by atoms with Gasteiger partial charge >= 0.3 is 6.18 Å². The summed E-state index contributed by atoms with van der Waals surface area (Å²) in [5.74, 6) is -2.09. The fraction of sp³-hybridized carbons (Fsp3) is 0.214. The molecule has 2 aromatic rings. The van der Waals surface area contributed by atoms with E-state index in [1.54, 1.807) is 12.1 Å². The van der Waals surface area contributed by atoms with Crippen molar-refractivity contribution >= 4 is 15.7 Å². The topological polar surface area (TPSA) is 70.5 Å². The first-order chi connectivity index (χ1) is 10.7. The largest absolute Gasteiger partial charge is 0.508 e. The molecule has 0 fully saturated rings. The summed E-state index contributed by atoms with van der Waals surface area (Å²) in [7, 11) is -4.65. The summed E-state index contributed by atoms with van der Waals surface area (Å²) in [6.07, 6.45) is -2.02. The molecule has 0 spiro atoms. The van der Waals surface area contributed by atoms with Gasteiger partial charge in [0.15, 0.2) is 5.75 Å². The summed E-state index contributed by atoms with van der Waals surface area (Å²) in [5, 5.41) is 9.26. The van der Waals surface area contributed by atoms with Crippen LogP contribution in [0.5, 0.6) is 5.75 Å². The second-order valence-corrected chi connectivity index (χ2v) is 6.65. The normalized spacial score (nSPS) is 12.1. The van der Waals surface area contributed by atoms with Crippen molar-refractivity contribution in [3.05, 3.63) is 54.4 Å². The van der Waals surface area contributed by atoms with Crippen molar-refractivity contribution in [1.29, 1.82) is 0 Å². The molecule has 9 heteroatoms. The number of phenolic OH excluding ortho intramolecular Hbond substituents is 1. The van der Waals surface area contributed by atoms with Crippen molar-refractivity contribution in [3.8, 4) is 5.75 Å². The van der Waals surface area contributed by atoms with Gasteiger partial charge in [0.2, 0.25) is 10.0 Å². The second kappa shape index (κ2) is 6.45. The van der Waals surface area contributed by atoms with Crippen LogP contribution in [0.25, 0.3) is 0 Å². The van der Waals surface area contributed by atoms with Gasteiger partial charge in [-0.15, -0.1) is 0 Å². The Morgan fingerprint density at radius 1 is 1.13 bits per heavy atom. The summed E-state index contributed by atoms with van der Waals surface area (Å²) < 4.78 is 62.7. The third-order valence-corrected chi connectivity index (χ3v) is 4.57. The Hall–Kier alpha value is -2.29. The summed E-state index contributed by atoms with van der Waals surface area (Å²) in [6, 6.07) is 7.99. The van der Waals surface area contributed by atoms with E-state index in [0.717, 1.165) is 0 Å². The van der Waals surface area contributed by atoms with Crippen LogP contribution in [0.1, 0.15) is 5.56 Å². The van der Waals surface area contributed by atoms with E-state index >= 15 is 0 Å². The average molecular weight is 346 g/mol. The quantitative estimate of drug-likeness (QED) is 0.904. The highest BCUT2D eigenvalue weighted by Gasteiger charge is 2.38. The molecule has 1 aromatic heterocycles. The van der Waals surface area contributed by atoms with Crippen LogP contribution in [-0.2, 0) is 16.6 Å². The Bertz CT molecular complexity index is 747. The number of phenols is 1. The molecule has 0 atom stereocenters. The van der Waals surface area contributed by atoms with E-state index in [0.29, 0.717) is 9.87 Å². The Morgan fingerprint density at radius 3 is 2.30 bits per heavy atom. The maximum atomic E-state index is 12.6. The lowest BCUT2D eigenvalue weighted by atomic mass is 10.2. The summed E-state index contributed by atoms with van der Waals surface area (Å²) >= 11 is 0. The zero-order chi connectivity index (χ0) is 17.1. The second-order valence-electron chi connectivity index (χ2n) is 4.76. The van der Waals surface area contributed by atoms with Crippen molar-refractivity contribution in [2.45, 2.75) is 12.7 Å². The van der Waals surface area contributed by atoms with Gasteiger partial charge in [0.25, 0.3) is 0 Å². The minimum absolute atomic E-state index is 0.0240. The lowest BCUT2D eigenvalue weighted by Gasteiger charge is -2.25. The molecule has 2 rings (SSSR count). The van der Waals surface area contributed by atoms with E-state index in [-0.39, 0.29) is 18.0 Å². The molecule has 0 aliphatic carbocycles. The van der Waals surface area contributed by atoms with Crippen LogP contribution in [0.2, 0.25) is 0 Å². The van der Waals surface area contributed by atoms with Crippen molar-refractivity contribution < 1.29 is 26.7 Å². The highest BCUT2D eigenvalue weighted by Crippen LogP contribution is 2.27. The number of hydrogen-bond donors (Lipinski definition) is 1. The lowest BCUT2D eigenvalue weighted by Crippen LogP contribution is -2.37. The van der Waals surface area contributed by atoms with E-state index in [1.165, 1.54) is 36.7 Å². The Balaban J connectivity index is 2.40. The number of aromatic hydroxyl groups is 1. The predicted octanol–water partition coefficient (Wildman–Crippen LogP) is 2.69. The van der Waals surface area contributed by atoms with Gasteiger partial charge in [-0.3, -0.25) is 9.29 Å². The Labute approximate surface area is 131 Å². The number of nitrogens with zero attached hydrogens (tertiary/aromatic N) is 2. The van der Waals surface area contributed by atoms with E-state index in [1.807, 2.05) is 0 Å². The van der Waals surface area contributed by atoms with Gasteiger partial charge < -0.3 is 5.11 Å². The number of sulfonamides is 1. The van der Waals surface area contributed by atoms with Gasteiger partial charge in [-0.2, -0.15) is 13.2 Å². The first-order valence-electron chi connectivity index (χ1n) is 6.42. The molecule has 0 unspecified atom stereocenters. The fourth-order valence-corrected chi connectivity index (χ4v) is 3.27. The van der Waals surface area contributed by atoms with Crippen LogP contribution in [-0.4, -0.2) is 30.4 Å². The molecule has 1 heterocycles. The maximum Gasteiger partial charge on any atom is 0.404 e. The van der Waals surface area contributed by atoms with E-state index in [9.17, 15) is 26.7 Å².